The fourth-order valence-corrected chi connectivity index (χ4v) is 5.82. The van der Waals surface area contributed by atoms with Crippen LogP contribution in [0.3, 0.4) is 0 Å². The smallest absolute Gasteiger partial charge is 0.459 e. The number of halogens is 2. The van der Waals surface area contributed by atoms with Crippen molar-refractivity contribution in [2.45, 2.75) is 55.7 Å². The summed E-state index contributed by atoms with van der Waals surface area (Å²) in [6.07, 6.45) is -3.31. The minimum Gasteiger partial charge on any atom is -0.462 e. The van der Waals surface area contributed by atoms with Crippen molar-refractivity contribution in [2.75, 3.05) is 12.3 Å². The van der Waals surface area contributed by atoms with Crippen molar-refractivity contribution >= 4 is 54.0 Å². The molecule has 0 bridgehead atoms. The first kappa shape index (κ1) is 29.3. The first-order chi connectivity index (χ1) is 18.3. The van der Waals surface area contributed by atoms with E-state index in [0.717, 1.165) is 0 Å². The second-order valence-corrected chi connectivity index (χ2v) is 12.1. The van der Waals surface area contributed by atoms with Crippen LogP contribution in [0.4, 0.5) is 5.95 Å². The number of imidazole rings is 1. The number of aromatic amines is 1. The molecule has 3 aromatic rings. The quantitative estimate of drug-likeness (QED) is 0.150. The maximum atomic E-state index is 13.7. The van der Waals surface area contributed by atoms with Crippen LogP contribution in [0.1, 0.15) is 27.0 Å². The Morgan fingerprint density at radius 1 is 1.33 bits per heavy atom. The number of H-pyrrole nitrogens is 1. The molecule has 5 N–H and O–H groups in total. The van der Waals surface area contributed by atoms with Gasteiger partial charge in [0.15, 0.2) is 21.7 Å². The molecular weight excluding hydrogens is 578 g/mol. The number of nitrogen functional groups attached to an aromatic ring is 1. The van der Waals surface area contributed by atoms with Crippen LogP contribution < -0.4 is 20.9 Å². The molecule has 4 rings (SSSR count). The van der Waals surface area contributed by atoms with E-state index in [1.54, 1.807) is 44.2 Å². The zero-order chi connectivity index (χ0) is 28.5. The number of aromatic nitrogens is 4. The molecule has 14 nitrogen and oxygen atoms in total. The van der Waals surface area contributed by atoms with Crippen LogP contribution in [0.5, 0.6) is 5.75 Å². The molecule has 1 aliphatic rings. The Morgan fingerprint density at radius 2 is 2.03 bits per heavy atom. The average Bonchev–Trinajstić information content (AvgIpc) is 3.36. The number of para-hydroxylation sites is 1. The van der Waals surface area contributed by atoms with Gasteiger partial charge in [-0.3, -0.25) is 23.7 Å². The number of anilines is 1. The zero-order valence-electron chi connectivity index (χ0n) is 21.0. The number of nitrogens with zero attached hydrogens (tertiary/aromatic N) is 3. The Kier molecular flexibility index (Phi) is 8.57. The number of hydrogen-bond donors (Lipinski definition) is 4. The van der Waals surface area contributed by atoms with E-state index in [1.807, 2.05) is 0 Å². The molecule has 39 heavy (non-hydrogen) atoms. The highest BCUT2D eigenvalue weighted by Gasteiger charge is 2.56. The predicted molar refractivity (Wildman–Crippen MR) is 141 cm³/mol. The van der Waals surface area contributed by atoms with E-state index >= 15 is 0 Å². The van der Waals surface area contributed by atoms with E-state index in [-0.39, 0.29) is 22.9 Å². The lowest BCUT2D eigenvalue weighted by atomic mass is 10.2. The summed E-state index contributed by atoms with van der Waals surface area (Å²) in [5.41, 5.74) is 5.01. The number of fused-ring (bicyclic) bond motifs is 1. The molecule has 0 saturated carbocycles. The van der Waals surface area contributed by atoms with E-state index in [9.17, 15) is 19.3 Å². The first-order valence-electron chi connectivity index (χ1n) is 11.7. The van der Waals surface area contributed by atoms with Crippen molar-refractivity contribution in [1.29, 1.82) is 0 Å². The van der Waals surface area contributed by atoms with Crippen LogP contribution in [0.25, 0.3) is 11.2 Å². The highest BCUT2D eigenvalue weighted by atomic mass is 35.5. The lowest BCUT2D eigenvalue weighted by Crippen LogP contribution is -2.39. The summed E-state index contributed by atoms with van der Waals surface area (Å²) in [6.45, 7) is 4.23. The van der Waals surface area contributed by atoms with E-state index in [0.29, 0.717) is 0 Å². The van der Waals surface area contributed by atoms with Crippen molar-refractivity contribution in [2.24, 2.45) is 0 Å². The van der Waals surface area contributed by atoms with Gasteiger partial charge in [-0.2, -0.15) is 10.1 Å². The number of rotatable bonds is 10. The maximum Gasteiger partial charge on any atom is 0.459 e. The number of benzene rings is 1. The summed E-state index contributed by atoms with van der Waals surface area (Å²) in [5.74, 6) is -0.680. The summed E-state index contributed by atoms with van der Waals surface area (Å²) in [7, 11) is -4.27. The maximum absolute atomic E-state index is 13.7. The van der Waals surface area contributed by atoms with Crippen LogP contribution in [0.15, 0.2) is 41.5 Å². The van der Waals surface area contributed by atoms with Gasteiger partial charge in [-0.15, -0.1) is 0 Å². The number of hydrogen-bond acceptors (Lipinski definition) is 11. The van der Waals surface area contributed by atoms with E-state index < -0.39 is 60.8 Å². The van der Waals surface area contributed by atoms with Crippen molar-refractivity contribution in [3.8, 4) is 5.75 Å². The molecule has 0 spiro atoms. The van der Waals surface area contributed by atoms with E-state index in [1.165, 1.54) is 17.8 Å². The van der Waals surface area contributed by atoms with Gasteiger partial charge in [-0.1, -0.05) is 41.4 Å². The molecule has 1 aliphatic heterocycles. The Bertz CT molecular complexity index is 1430. The third-order valence-corrected chi connectivity index (χ3v) is 7.98. The standard InChI is InChI=1S/C22H27Cl2N6O8P/c1-11(2)36-19(33)12(3)29-39(34,38-13-7-5-4-6-8-13)35-9-14-16(31)22(23,24)20(37-14)30-10-26-15-17(30)27-21(25)28-18(15)32/h4-8,10-12,14,16,20,31H,9H2,1-3H3,(H,29,34)(H3,25,27,28,32)/t12?,14-,16-,20-,39?/m1/s1. The predicted octanol–water partition coefficient (Wildman–Crippen LogP) is 2.27. The minimum atomic E-state index is -4.27. The van der Waals surface area contributed by atoms with Crippen molar-refractivity contribution in [3.05, 3.63) is 47.0 Å². The van der Waals surface area contributed by atoms with Crippen LogP contribution >= 0.6 is 30.9 Å². The van der Waals surface area contributed by atoms with E-state index in [2.05, 4.69) is 20.0 Å². The monoisotopic (exact) mass is 604 g/mol. The third-order valence-electron chi connectivity index (χ3n) is 5.52. The highest BCUT2D eigenvalue weighted by Crippen LogP contribution is 2.50. The molecule has 2 unspecified atom stereocenters. The third kappa shape index (κ3) is 6.38. The van der Waals surface area contributed by atoms with Gasteiger partial charge in [0.05, 0.1) is 19.0 Å². The van der Waals surface area contributed by atoms with Gasteiger partial charge in [0.1, 0.15) is 24.0 Å². The number of ether oxygens (including phenoxy) is 2. The van der Waals surface area contributed by atoms with Gasteiger partial charge in [0.2, 0.25) is 5.95 Å². The first-order valence-corrected chi connectivity index (χ1v) is 14.0. The molecule has 17 heteroatoms. The van der Waals surface area contributed by atoms with Crippen molar-refractivity contribution in [3.63, 3.8) is 0 Å². The van der Waals surface area contributed by atoms with Crippen LogP contribution in [0, 0.1) is 0 Å². The number of carbonyl (C=O) groups excluding carboxylic acids is 1. The summed E-state index contributed by atoms with van der Waals surface area (Å²) in [6, 6.07) is 7.03. The molecule has 0 aliphatic carbocycles. The van der Waals surface area contributed by atoms with Crippen molar-refractivity contribution in [1.82, 2.24) is 24.6 Å². The zero-order valence-corrected chi connectivity index (χ0v) is 23.4. The average molecular weight is 605 g/mol. The normalized spacial score (nSPS) is 23.0. The number of carbonyl (C=O) groups is 1. The van der Waals surface area contributed by atoms with Gasteiger partial charge in [-0.05, 0) is 32.9 Å². The number of aliphatic hydroxyl groups excluding tert-OH is 1. The second kappa shape index (κ2) is 11.4. The molecule has 5 atom stereocenters. The second-order valence-electron chi connectivity index (χ2n) is 8.96. The van der Waals surface area contributed by atoms with Crippen molar-refractivity contribution < 1.29 is 33.0 Å². The molecular formula is C22H27Cl2N6O8P. The number of alkyl halides is 2. The van der Waals surface area contributed by atoms with Crippen LogP contribution in [0.2, 0.25) is 0 Å². The van der Waals surface area contributed by atoms with Gasteiger partial charge < -0.3 is 24.8 Å². The lowest BCUT2D eigenvalue weighted by molar-refractivity contribution is -0.149. The highest BCUT2D eigenvalue weighted by molar-refractivity contribution is 7.52. The molecule has 0 radical (unpaired) electrons. The Hall–Kier alpha value is -2.71. The molecule has 1 saturated heterocycles. The van der Waals surface area contributed by atoms with E-state index in [4.69, 9.17) is 47.5 Å². The van der Waals surface area contributed by atoms with Gasteiger partial charge >= 0.3 is 13.7 Å². The number of nitrogens with one attached hydrogen (secondary N) is 2. The minimum absolute atomic E-state index is 0.0120. The Labute approximate surface area is 232 Å². The molecule has 0 amide bonds. The van der Waals surface area contributed by atoms with Gasteiger partial charge in [0.25, 0.3) is 5.56 Å². The molecule has 212 valence electrons. The molecule has 1 fully saturated rings. The summed E-state index contributed by atoms with van der Waals surface area (Å²) in [4.78, 5) is 34.9. The van der Waals surface area contributed by atoms with Crippen LogP contribution in [-0.2, 0) is 23.4 Å². The molecule has 3 heterocycles. The topological polar surface area (TPSA) is 193 Å². The summed E-state index contributed by atoms with van der Waals surface area (Å²) in [5, 5.41) is 13.4. The Balaban J connectivity index is 1.56. The van der Waals surface area contributed by atoms with Crippen LogP contribution in [-0.4, -0.2) is 65.9 Å². The fourth-order valence-electron chi connectivity index (χ4n) is 3.73. The Morgan fingerprint density at radius 3 is 2.69 bits per heavy atom. The number of aliphatic hydroxyl groups is 1. The number of nitrogens with two attached hydrogens (primary N) is 1. The summed E-state index contributed by atoms with van der Waals surface area (Å²) >= 11 is 12.9. The molecule has 1 aromatic carbocycles. The van der Waals surface area contributed by atoms with Gasteiger partial charge in [-0.25, -0.2) is 9.55 Å². The summed E-state index contributed by atoms with van der Waals surface area (Å²) < 4.78 is 35.2. The van der Waals surface area contributed by atoms with Gasteiger partial charge in [0, 0.05) is 0 Å². The molecule has 2 aromatic heterocycles. The SMILES string of the molecule is CC(C)OC(=O)C(C)NP(=O)(OC[C@H]1O[C@@H](n2cnc3c(=O)[nH]c(N)nc32)C(Cl)(Cl)[C@@H]1O)Oc1ccccc1. The lowest BCUT2D eigenvalue weighted by Gasteiger charge is -2.25. The fraction of sp³-hybridized carbons (Fsp3) is 0.455. The number of esters is 1. The largest absolute Gasteiger partial charge is 0.462 e.